The van der Waals surface area contributed by atoms with Gasteiger partial charge in [-0.15, -0.1) is 0 Å². The normalized spacial score (nSPS) is 22.4. The highest BCUT2D eigenvalue weighted by atomic mass is 32.1. The Kier molecular flexibility index (Phi) is 5.12. The van der Waals surface area contributed by atoms with Crippen molar-refractivity contribution in [1.29, 1.82) is 0 Å². The van der Waals surface area contributed by atoms with Crippen molar-refractivity contribution in [2.45, 2.75) is 12.3 Å². The van der Waals surface area contributed by atoms with Gasteiger partial charge in [0.25, 0.3) is 0 Å². The lowest BCUT2D eigenvalue weighted by Crippen LogP contribution is -2.44. The van der Waals surface area contributed by atoms with Crippen molar-refractivity contribution in [3.05, 3.63) is 12.7 Å². The van der Waals surface area contributed by atoms with Gasteiger partial charge in [-0.2, -0.15) is 12.6 Å². The van der Waals surface area contributed by atoms with Crippen LogP contribution in [0.5, 0.6) is 0 Å². The molecule has 2 aromatic heterocycles. The number of thiol groups is 1. The van der Waals surface area contributed by atoms with Gasteiger partial charge in [0.15, 0.2) is 11.5 Å². The molecule has 1 aliphatic rings. The fraction of sp³-hybridized carbons (Fsp3) is 0.545. The van der Waals surface area contributed by atoms with Crippen molar-refractivity contribution in [3.63, 3.8) is 0 Å². The van der Waals surface area contributed by atoms with E-state index in [9.17, 15) is 0 Å². The zero-order valence-electron chi connectivity index (χ0n) is 11.1. The topological polar surface area (TPSA) is 111 Å². The standard InChI is InChI=1S/C10H14N6O2.CH4S/c11-9-8-10(14-4-13-9)16(5-15-8)7-2-12-1-6(3-17)18-7;1-2/h4-7,12,17H,1-3H2,(H2,11,13,14);2H,1H3/t6?,7-;/m1./s1. The summed E-state index contributed by atoms with van der Waals surface area (Å²) in [6.45, 7) is 1.25. The molecule has 0 radical (unpaired) electrons. The number of hydrogen-bond acceptors (Lipinski definition) is 8. The van der Waals surface area contributed by atoms with E-state index in [4.69, 9.17) is 15.6 Å². The number of rotatable bonds is 2. The molecule has 1 fully saturated rings. The second-order valence-electron chi connectivity index (χ2n) is 4.14. The molecule has 0 bridgehead atoms. The van der Waals surface area contributed by atoms with Gasteiger partial charge in [0.05, 0.1) is 19.0 Å². The molecule has 110 valence electrons. The molecule has 3 rings (SSSR count). The predicted octanol–water partition coefficient (Wildman–Crippen LogP) is -0.566. The number of aliphatic hydroxyl groups excluding tert-OH is 1. The molecule has 2 aromatic rings. The molecular weight excluding hydrogens is 280 g/mol. The SMILES string of the molecule is CS.Nc1ncnc2c1ncn2[C@H]1CNCC(CO)O1. The summed E-state index contributed by atoms with van der Waals surface area (Å²) in [7, 11) is 0. The minimum atomic E-state index is -0.254. The third-order valence-electron chi connectivity index (χ3n) is 2.94. The Morgan fingerprint density at radius 2 is 2.25 bits per heavy atom. The molecule has 20 heavy (non-hydrogen) atoms. The summed E-state index contributed by atoms with van der Waals surface area (Å²) in [5.74, 6) is 0.348. The number of nitrogens with zero attached hydrogens (tertiary/aromatic N) is 4. The lowest BCUT2D eigenvalue weighted by atomic mass is 10.3. The highest BCUT2D eigenvalue weighted by Gasteiger charge is 2.24. The monoisotopic (exact) mass is 298 g/mol. The summed E-state index contributed by atoms with van der Waals surface area (Å²) in [6, 6.07) is 0. The number of aliphatic hydroxyl groups is 1. The summed E-state index contributed by atoms with van der Waals surface area (Å²) in [5, 5.41) is 12.3. The van der Waals surface area contributed by atoms with Gasteiger partial charge in [-0.25, -0.2) is 15.0 Å². The van der Waals surface area contributed by atoms with Crippen LogP contribution in [0, 0.1) is 0 Å². The van der Waals surface area contributed by atoms with Crippen LogP contribution < -0.4 is 11.1 Å². The van der Waals surface area contributed by atoms with Gasteiger partial charge in [-0.1, -0.05) is 0 Å². The molecule has 0 spiro atoms. The van der Waals surface area contributed by atoms with Gasteiger partial charge < -0.3 is 20.9 Å². The van der Waals surface area contributed by atoms with Gasteiger partial charge in [0.1, 0.15) is 18.1 Å². The van der Waals surface area contributed by atoms with Crippen LogP contribution in [0.25, 0.3) is 11.2 Å². The Bertz CT molecular complexity index is 563. The van der Waals surface area contributed by atoms with Crippen molar-refractivity contribution in [2.75, 3.05) is 31.7 Å². The fourth-order valence-corrected chi connectivity index (χ4v) is 2.04. The number of morpholine rings is 1. The lowest BCUT2D eigenvalue weighted by Gasteiger charge is -2.30. The minimum absolute atomic E-state index is 0.0206. The molecule has 0 aromatic carbocycles. The van der Waals surface area contributed by atoms with Crippen LogP contribution in [0.4, 0.5) is 5.82 Å². The quantitative estimate of drug-likeness (QED) is 0.550. The van der Waals surface area contributed by atoms with Gasteiger partial charge in [-0.05, 0) is 6.26 Å². The number of fused-ring (bicyclic) bond motifs is 1. The maximum absolute atomic E-state index is 9.13. The third-order valence-corrected chi connectivity index (χ3v) is 2.94. The van der Waals surface area contributed by atoms with Crippen LogP contribution in [0.1, 0.15) is 6.23 Å². The first-order chi connectivity index (χ1) is 9.79. The fourth-order valence-electron chi connectivity index (χ4n) is 2.04. The number of imidazole rings is 1. The van der Waals surface area contributed by atoms with Gasteiger partial charge in [0, 0.05) is 13.1 Å². The number of nitrogen functional groups attached to an aromatic ring is 1. The first-order valence-electron chi connectivity index (χ1n) is 6.14. The van der Waals surface area contributed by atoms with E-state index < -0.39 is 0 Å². The van der Waals surface area contributed by atoms with E-state index in [0.717, 1.165) is 0 Å². The Hall–Kier alpha value is -1.42. The van der Waals surface area contributed by atoms with Gasteiger partial charge in [-0.3, -0.25) is 4.57 Å². The van der Waals surface area contributed by atoms with Crippen molar-refractivity contribution in [1.82, 2.24) is 24.8 Å². The summed E-state index contributed by atoms with van der Waals surface area (Å²) in [6.07, 6.45) is 4.24. The van der Waals surface area contributed by atoms with E-state index in [1.54, 1.807) is 17.2 Å². The van der Waals surface area contributed by atoms with Crippen LogP contribution in [0.2, 0.25) is 0 Å². The van der Waals surface area contributed by atoms with E-state index in [2.05, 4.69) is 32.9 Å². The zero-order chi connectivity index (χ0) is 14.5. The number of anilines is 1. The number of ether oxygens (including phenoxy) is 1. The Balaban J connectivity index is 0.000000704. The highest BCUT2D eigenvalue weighted by molar-refractivity contribution is 7.79. The van der Waals surface area contributed by atoms with E-state index in [0.29, 0.717) is 30.1 Å². The van der Waals surface area contributed by atoms with Crippen LogP contribution in [0.3, 0.4) is 0 Å². The summed E-state index contributed by atoms with van der Waals surface area (Å²) in [5.41, 5.74) is 6.92. The van der Waals surface area contributed by atoms with Gasteiger partial charge in [0.2, 0.25) is 0 Å². The van der Waals surface area contributed by atoms with E-state index in [1.165, 1.54) is 6.33 Å². The summed E-state index contributed by atoms with van der Waals surface area (Å²) < 4.78 is 7.53. The molecule has 0 saturated carbocycles. The Morgan fingerprint density at radius 1 is 1.45 bits per heavy atom. The Labute approximate surface area is 121 Å². The van der Waals surface area contributed by atoms with E-state index in [1.807, 2.05) is 0 Å². The van der Waals surface area contributed by atoms with Gasteiger partial charge >= 0.3 is 0 Å². The first kappa shape index (κ1) is 15.0. The second kappa shape index (κ2) is 6.84. The molecule has 1 saturated heterocycles. The predicted molar refractivity (Wildman–Crippen MR) is 78.5 cm³/mol. The molecule has 2 atom stereocenters. The summed E-state index contributed by atoms with van der Waals surface area (Å²) >= 11 is 3.53. The van der Waals surface area contributed by atoms with Crippen molar-refractivity contribution in [3.8, 4) is 0 Å². The second-order valence-corrected chi connectivity index (χ2v) is 4.14. The molecule has 9 heteroatoms. The average molecular weight is 298 g/mol. The largest absolute Gasteiger partial charge is 0.394 e. The van der Waals surface area contributed by atoms with Crippen LogP contribution in [0.15, 0.2) is 12.7 Å². The van der Waals surface area contributed by atoms with E-state index in [-0.39, 0.29) is 18.9 Å². The van der Waals surface area contributed by atoms with E-state index >= 15 is 0 Å². The zero-order valence-corrected chi connectivity index (χ0v) is 12.0. The molecule has 1 unspecified atom stereocenters. The average Bonchev–Trinajstić information content (AvgIpc) is 2.95. The van der Waals surface area contributed by atoms with Crippen LogP contribution in [-0.4, -0.2) is 56.7 Å². The molecule has 1 aliphatic heterocycles. The van der Waals surface area contributed by atoms with Crippen LogP contribution >= 0.6 is 12.6 Å². The summed E-state index contributed by atoms with van der Waals surface area (Å²) in [4.78, 5) is 12.2. The smallest absolute Gasteiger partial charge is 0.167 e. The maximum Gasteiger partial charge on any atom is 0.167 e. The lowest BCUT2D eigenvalue weighted by molar-refractivity contribution is -0.0933. The van der Waals surface area contributed by atoms with Crippen molar-refractivity contribution < 1.29 is 9.84 Å². The number of nitrogens with one attached hydrogen (secondary N) is 1. The third kappa shape index (κ3) is 2.85. The number of nitrogens with two attached hydrogens (primary N) is 1. The molecule has 0 aliphatic carbocycles. The van der Waals surface area contributed by atoms with Crippen molar-refractivity contribution in [2.24, 2.45) is 0 Å². The van der Waals surface area contributed by atoms with Crippen LogP contribution in [-0.2, 0) is 4.74 Å². The maximum atomic E-state index is 9.13. The molecular formula is C11H18N6O2S. The molecule has 3 heterocycles. The molecule has 8 nitrogen and oxygen atoms in total. The molecule has 0 amide bonds. The van der Waals surface area contributed by atoms with Crippen molar-refractivity contribution >= 4 is 29.6 Å². The molecule has 4 N–H and O–H groups in total. The minimum Gasteiger partial charge on any atom is -0.394 e. The first-order valence-corrected chi connectivity index (χ1v) is 7.04. The Morgan fingerprint density at radius 3 is 3.00 bits per heavy atom. The number of hydrogen-bond donors (Lipinski definition) is 4. The number of aromatic nitrogens is 4. The highest BCUT2D eigenvalue weighted by Crippen LogP contribution is 2.21.